The first kappa shape index (κ1) is 22.4. The van der Waals surface area contributed by atoms with Crippen LogP contribution in [0.25, 0.3) is 0 Å². The molecule has 2 amide bonds. The van der Waals surface area contributed by atoms with Gasteiger partial charge in [-0.2, -0.15) is 0 Å². The molecule has 2 aromatic carbocycles. The van der Waals surface area contributed by atoms with Crippen LogP contribution in [0.2, 0.25) is 5.02 Å². The Kier molecular flexibility index (Phi) is 7.27. The number of anilines is 2. The van der Waals surface area contributed by atoms with E-state index in [9.17, 15) is 14.4 Å². The minimum absolute atomic E-state index is 0.125. The molecule has 156 valence electrons. The van der Waals surface area contributed by atoms with Gasteiger partial charge < -0.3 is 15.0 Å². The average molecular weight is 558 g/mol. The minimum atomic E-state index is -0.934. The van der Waals surface area contributed by atoms with Crippen LogP contribution >= 0.6 is 46.4 Å². The zero-order valence-electron chi connectivity index (χ0n) is 15.8. The fourth-order valence-electron chi connectivity index (χ4n) is 2.97. The van der Waals surface area contributed by atoms with Crippen molar-refractivity contribution in [1.82, 2.24) is 4.90 Å². The molecule has 0 spiro atoms. The Labute approximate surface area is 197 Å². The van der Waals surface area contributed by atoms with Crippen LogP contribution in [-0.2, 0) is 19.1 Å². The number of amides is 2. The molecular weight excluding hydrogens is 541 g/mol. The summed E-state index contributed by atoms with van der Waals surface area (Å²) in [5, 5.41) is 3.40. The summed E-state index contributed by atoms with van der Waals surface area (Å²) in [6.45, 7) is -0.243. The van der Waals surface area contributed by atoms with Crippen molar-refractivity contribution in [3.05, 3.63) is 57.1 Å². The summed E-state index contributed by atoms with van der Waals surface area (Å²) in [5.41, 5.74) is 1.12. The van der Waals surface area contributed by atoms with Gasteiger partial charge in [0.2, 0.25) is 5.91 Å². The van der Waals surface area contributed by atoms with E-state index in [1.54, 1.807) is 36.4 Å². The molecule has 3 rings (SSSR count). The van der Waals surface area contributed by atoms with E-state index in [2.05, 4.69) is 27.9 Å². The first-order valence-electron chi connectivity index (χ1n) is 8.82. The maximum Gasteiger partial charge on any atom is 0.325 e. The molecule has 0 saturated carbocycles. The minimum Gasteiger partial charge on any atom is -0.468 e. The molecule has 0 radical (unpaired) electrons. The summed E-state index contributed by atoms with van der Waals surface area (Å²) in [4.78, 5) is 40.4. The largest absolute Gasteiger partial charge is 0.468 e. The van der Waals surface area contributed by atoms with E-state index in [1.807, 2.05) is 12.1 Å². The maximum atomic E-state index is 13.1. The monoisotopic (exact) mass is 557 g/mol. The molecule has 10 heteroatoms. The number of methoxy groups -OCH3 is 1. The Hall–Kier alpha value is -2.24. The first-order chi connectivity index (χ1) is 14.3. The van der Waals surface area contributed by atoms with Gasteiger partial charge in [0.05, 0.1) is 19.2 Å². The molecule has 1 saturated heterocycles. The topological polar surface area (TPSA) is 79.0 Å². The third-order valence-corrected chi connectivity index (χ3v) is 5.83. The second-order valence-corrected chi connectivity index (χ2v) is 8.46. The molecule has 1 atom stereocenters. The standard InChI is InChI=1S/C20H17ClIN3O4S/c1-29-18(27)11-24-16(10-17(26)23-14-6-4-13(22)5-7-14)19(28)25(20(24)30)15-8-2-12(21)3-9-15/h2-9,16H,10-11H2,1H3,(H,23,26). The Morgan fingerprint density at radius 1 is 1.17 bits per heavy atom. The number of ether oxygens (including phenoxy) is 1. The van der Waals surface area contributed by atoms with Crippen LogP contribution in [0.1, 0.15) is 6.42 Å². The number of rotatable bonds is 6. The zero-order valence-corrected chi connectivity index (χ0v) is 19.5. The molecule has 30 heavy (non-hydrogen) atoms. The van der Waals surface area contributed by atoms with Crippen LogP contribution in [0, 0.1) is 3.57 Å². The molecule has 1 aliphatic heterocycles. The van der Waals surface area contributed by atoms with Gasteiger partial charge in [-0.05, 0) is 83.3 Å². The van der Waals surface area contributed by atoms with Crippen molar-refractivity contribution < 1.29 is 19.1 Å². The first-order valence-corrected chi connectivity index (χ1v) is 10.7. The van der Waals surface area contributed by atoms with Crippen molar-refractivity contribution >= 4 is 80.7 Å². The highest BCUT2D eigenvalue weighted by Crippen LogP contribution is 2.28. The molecule has 1 fully saturated rings. The summed E-state index contributed by atoms with van der Waals surface area (Å²) in [6, 6.07) is 12.9. The molecule has 1 unspecified atom stereocenters. The van der Waals surface area contributed by atoms with Gasteiger partial charge in [0.25, 0.3) is 5.91 Å². The molecule has 1 aliphatic rings. The van der Waals surface area contributed by atoms with Crippen LogP contribution in [-0.4, -0.2) is 47.5 Å². The number of hydrogen-bond acceptors (Lipinski definition) is 5. The highest BCUT2D eigenvalue weighted by molar-refractivity contribution is 14.1. The van der Waals surface area contributed by atoms with E-state index in [1.165, 1.54) is 16.9 Å². The fraction of sp³-hybridized carbons (Fsp3) is 0.200. The van der Waals surface area contributed by atoms with Crippen molar-refractivity contribution in [3.63, 3.8) is 0 Å². The van der Waals surface area contributed by atoms with Crippen molar-refractivity contribution in [2.24, 2.45) is 0 Å². The second kappa shape index (κ2) is 9.71. The van der Waals surface area contributed by atoms with Gasteiger partial charge in [0.1, 0.15) is 12.6 Å². The summed E-state index contributed by atoms with van der Waals surface area (Å²) < 4.78 is 5.76. The number of thiocarbonyl (C=S) groups is 1. The molecule has 7 nitrogen and oxygen atoms in total. The summed E-state index contributed by atoms with van der Waals surface area (Å²) in [7, 11) is 1.25. The Morgan fingerprint density at radius 3 is 2.40 bits per heavy atom. The zero-order chi connectivity index (χ0) is 21.8. The van der Waals surface area contributed by atoms with E-state index in [-0.39, 0.29) is 24.0 Å². The number of nitrogens with one attached hydrogen (secondary N) is 1. The molecule has 1 heterocycles. The van der Waals surface area contributed by atoms with Crippen molar-refractivity contribution in [3.8, 4) is 0 Å². The van der Waals surface area contributed by atoms with Gasteiger partial charge in [-0.1, -0.05) is 11.6 Å². The predicted octanol–water partition coefficient (Wildman–Crippen LogP) is 3.45. The van der Waals surface area contributed by atoms with E-state index < -0.39 is 17.9 Å². The molecule has 0 aromatic heterocycles. The lowest BCUT2D eigenvalue weighted by atomic mass is 10.1. The summed E-state index contributed by atoms with van der Waals surface area (Å²) in [6.07, 6.45) is -0.175. The van der Waals surface area contributed by atoms with Gasteiger partial charge in [-0.3, -0.25) is 19.3 Å². The van der Waals surface area contributed by atoms with Crippen molar-refractivity contribution in [1.29, 1.82) is 0 Å². The quantitative estimate of drug-likeness (QED) is 0.333. The molecule has 1 N–H and O–H groups in total. The summed E-state index contributed by atoms with van der Waals surface area (Å²) >= 11 is 13.5. The lowest BCUT2D eigenvalue weighted by Crippen LogP contribution is -2.41. The third kappa shape index (κ3) is 5.08. The van der Waals surface area contributed by atoms with Gasteiger partial charge in [0, 0.05) is 14.3 Å². The number of carbonyl (C=O) groups excluding carboxylic acids is 3. The Bertz CT molecular complexity index is 985. The predicted molar refractivity (Wildman–Crippen MR) is 126 cm³/mol. The third-order valence-electron chi connectivity index (χ3n) is 4.44. The molecular formula is C20H17ClIN3O4S. The van der Waals surface area contributed by atoms with Crippen LogP contribution < -0.4 is 10.2 Å². The number of nitrogens with zero attached hydrogens (tertiary/aromatic N) is 2. The molecule has 0 bridgehead atoms. The Balaban J connectivity index is 1.83. The lowest BCUT2D eigenvalue weighted by molar-refractivity contribution is -0.141. The van der Waals surface area contributed by atoms with E-state index in [0.29, 0.717) is 16.4 Å². The second-order valence-electron chi connectivity index (χ2n) is 6.41. The molecule has 2 aromatic rings. The van der Waals surface area contributed by atoms with E-state index >= 15 is 0 Å². The van der Waals surface area contributed by atoms with E-state index in [0.717, 1.165) is 3.57 Å². The lowest BCUT2D eigenvalue weighted by Gasteiger charge is -2.22. The smallest absolute Gasteiger partial charge is 0.325 e. The fourth-order valence-corrected chi connectivity index (χ4v) is 3.84. The van der Waals surface area contributed by atoms with E-state index in [4.69, 9.17) is 28.6 Å². The number of carbonyl (C=O) groups is 3. The van der Waals surface area contributed by atoms with Crippen LogP contribution in [0.15, 0.2) is 48.5 Å². The number of esters is 1. The van der Waals surface area contributed by atoms with Gasteiger partial charge >= 0.3 is 5.97 Å². The van der Waals surface area contributed by atoms with Gasteiger partial charge in [-0.15, -0.1) is 0 Å². The highest BCUT2D eigenvalue weighted by Gasteiger charge is 2.45. The maximum absolute atomic E-state index is 13.1. The summed E-state index contributed by atoms with van der Waals surface area (Å²) in [5.74, 6) is -1.33. The highest BCUT2D eigenvalue weighted by atomic mass is 127. The van der Waals surface area contributed by atoms with Gasteiger partial charge in [-0.25, -0.2) is 0 Å². The van der Waals surface area contributed by atoms with Crippen molar-refractivity contribution in [2.45, 2.75) is 12.5 Å². The number of hydrogen-bond donors (Lipinski definition) is 1. The van der Waals surface area contributed by atoms with Crippen LogP contribution in [0.5, 0.6) is 0 Å². The Morgan fingerprint density at radius 2 is 1.80 bits per heavy atom. The normalized spacial score (nSPS) is 16.0. The van der Waals surface area contributed by atoms with Crippen LogP contribution in [0.4, 0.5) is 11.4 Å². The van der Waals surface area contributed by atoms with Crippen molar-refractivity contribution in [2.75, 3.05) is 23.9 Å². The number of benzene rings is 2. The average Bonchev–Trinajstić information content (AvgIpc) is 2.94. The molecule has 0 aliphatic carbocycles. The SMILES string of the molecule is COC(=O)CN1C(=S)N(c2ccc(Cl)cc2)C(=O)C1CC(=O)Nc1ccc(I)cc1. The van der Waals surface area contributed by atoms with Crippen LogP contribution in [0.3, 0.4) is 0 Å². The number of halogens is 2. The van der Waals surface area contributed by atoms with Gasteiger partial charge in [0.15, 0.2) is 5.11 Å².